The summed E-state index contributed by atoms with van der Waals surface area (Å²) in [6.07, 6.45) is -3.73. The maximum Gasteiger partial charge on any atom is 0.416 e. The second-order valence-corrected chi connectivity index (χ2v) is 15.9. The SMILES string of the molecule is CCOC(=O)COC(=O)c1cc(Oc2ccc(C(F)(F)F)cc2Cl)ccc1[N+](=O)[O-].CCc1cccc(C)c1N(C(=O)CCl)C(C)COC.CP(=O)(O)CCC(N)C(=O)O. The molecule has 0 bridgehead atoms. The molecule has 0 heterocycles. The van der Waals surface area contributed by atoms with Crippen molar-refractivity contribution >= 4 is 65.8 Å². The van der Waals surface area contributed by atoms with E-state index >= 15 is 0 Å². The van der Waals surface area contributed by atoms with Crippen molar-refractivity contribution in [2.45, 2.75) is 58.8 Å². The largest absolute Gasteiger partial charge is 0.480 e. The predicted molar refractivity (Wildman–Crippen MR) is 217 cm³/mol. The Morgan fingerprint density at radius 2 is 1.72 bits per heavy atom. The Hall–Kier alpha value is -4.78. The molecule has 3 atom stereocenters. The zero-order valence-electron chi connectivity index (χ0n) is 33.5. The number of amides is 1. The summed E-state index contributed by atoms with van der Waals surface area (Å²) in [7, 11) is -1.47. The Kier molecular flexibility index (Phi) is 22.3. The van der Waals surface area contributed by atoms with Crippen LogP contribution in [0.1, 0.15) is 54.2 Å². The van der Waals surface area contributed by atoms with Gasteiger partial charge in [0, 0.05) is 32.1 Å². The van der Waals surface area contributed by atoms with Gasteiger partial charge in [0.2, 0.25) is 5.91 Å². The molecule has 0 aliphatic rings. The highest BCUT2D eigenvalue weighted by Crippen LogP contribution is 2.38. The minimum Gasteiger partial charge on any atom is -0.480 e. The van der Waals surface area contributed by atoms with Crippen LogP contribution in [0.3, 0.4) is 0 Å². The van der Waals surface area contributed by atoms with Gasteiger partial charge in [0.15, 0.2) is 14.0 Å². The van der Waals surface area contributed by atoms with Crippen LogP contribution in [0.5, 0.6) is 11.5 Å². The Morgan fingerprint density at radius 1 is 1.07 bits per heavy atom. The Morgan fingerprint density at radius 3 is 2.22 bits per heavy atom. The first-order valence-corrected chi connectivity index (χ1v) is 21.0. The van der Waals surface area contributed by atoms with Crippen LogP contribution in [0.4, 0.5) is 24.5 Å². The van der Waals surface area contributed by atoms with Gasteiger partial charge in [0.05, 0.1) is 40.5 Å². The van der Waals surface area contributed by atoms with Crippen LogP contribution >= 0.6 is 30.6 Å². The monoisotopic (exact) mass is 911 g/mol. The third kappa shape index (κ3) is 17.8. The lowest BCUT2D eigenvalue weighted by Gasteiger charge is -2.31. The van der Waals surface area contributed by atoms with E-state index in [-0.39, 0.29) is 53.5 Å². The molecule has 0 saturated heterocycles. The van der Waals surface area contributed by atoms with Crippen LogP contribution in [0.25, 0.3) is 0 Å². The van der Waals surface area contributed by atoms with Crippen molar-refractivity contribution in [2.24, 2.45) is 5.73 Å². The topological polar surface area (TPSA) is 235 Å². The molecule has 0 aliphatic carbocycles. The summed E-state index contributed by atoms with van der Waals surface area (Å²) in [5.41, 5.74) is 6.14. The Labute approximate surface area is 354 Å². The third-order valence-electron chi connectivity index (χ3n) is 7.85. The maximum atomic E-state index is 12.7. The molecule has 0 aromatic heterocycles. The van der Waals surface area contributed by atoms with Gasteiger partial charge in [0.1, 0.15) is 29.0 Å². The standard InChI is InChI=1S/C18H13ClF3NO7.C15H22ClNO2.C5H12NO4P/c1-2-28-16(24)9-29-17(25)12-8-11(4-5-14(12)23(26)27)30-15-6-3-10(7-13(15)19)18(20,21)22;1-5-13-8-6-7-11(2)15(13)17(14(18)9-16)12(3)10-19-4;1-11(9,10)3-2-4(6)5(7)8/h3-8H,2,9H2,1H3;6-8,12H,5,9-10H2,1-4H3;4H,2-3,6H2,1H3,(H,7,8)(H,9,10). The number of alkyl halides is 4. The van der Waals surface area contributed by atoms with E-state index < -0.39 is 65.8 Å². The van der Waals surface area contributed by atoms with Crippen molar-refractivity contribution in [3.63, 3.8) is 0 Å². The molecular weight excluding hydrogens is 865 g/mol. The van der Waals surface area contributed by atoms with Crippen molar-refractivity contribution in [3.05, 3.63) is 92.0 Å². The number of carboxylic acid groups (broad SMARTS) is 1. The summed E-state index contributed by atoms with van der Waals surface area (Å²) in [6.45, 7) is 8.57. The van der Waals surface area contributed by atoms with Crippen LogP contribution < -0.4 is 15.4 Å². The van der Waals surface area contributed by atoms with Crippen LogP contribution in [-0.4, -0.2) is 96.5 Å². The maximum absolute atomic E-state index is 12.7. The fourth-order valence-corrected chi connectivity index (χ4v) is 6.12. The van der Waals surface area contributed by atoms with Gasteiger partial charge >= 0.3 is 24.1 Å². The number of carbonyl (C=O) groups is 4. The summed E-state index contributed by atoms with van der Waals surface area (Å²) in [4.78, 5) is 66.6. The minimum atomic E-state index is -4.61. The van der Waals surface area contributed by atoms with Crippen LogP contribution in [0.2, 0.25) is 5.02 Å². The molecule has 3 unspecified atom stereocenters. The van der Waals surface area contributed by atoms with Crippen LogP contribution in [0.15, 0.2) is 54.6 Å². The number of esters is 2. The number of hydrogen-bond donors (Lipinski definition) is 3. The number of nitro benzene ring substituents is 1. The van der Waals surface area contributed by atoms with Gasteiger partial charge in [-0.1, -0.05) is 36.7 Å². The van der Waals surface area contributed by atoms with Crippen molar-refractivity contribution < 1.29 is 70.8 Å². The van der Waals surface area contributed by atoms with Crippen LogP contribution in [0, 0.1) is 17.0 Å². The summed E-state index contributed by atoms with van der Waals surface area (Å²) >= 11 is 11.6. The van der Waals surface area contributed by atoms with Gasteiger partial charge in [-0.3, -0.25) is 24.3 Å². The Bertz CT molecular complexity index is 2000. The predicted octanol–water partition coefficient (Wildman–Crippen LogP) is 7.63. The normalized spacial score (nSPS) is 12.8. The number of carboxylic acids is 1. The first-order valence-electron chi connectivity index (χ1n) is 17.8. The van der Waals surface area contributed by atoms with Gasteiger partial charge < -0.3 is 39.6 Å². The molecule has 1 amide bonds. The summed E-state index contributed by atoms with van der Waals surface area (Å²) < 4.78 is 68.6. The second-order valence-electron chi connectivity index (χ2n) is 12.7. The fourth-order valence-electron chi connectivity index (χ4n) is 5.02. The summed E-state index contributed by atoms with van der Waals surface area (Å²) in [5, 5.41) is 19.1. The van der Waals surface area contributed by atoms with E-state index in [1.807, 2.05) is 26.0 Å². The number of nitrogens with two attached hydrogens (primary N) is 1. The number of carbonyl (C=O) groups excluding carboxylic acids is 3. The van der Waals surface area contributed by atoms with Crippen LogP contribution in [-0.2, 0) is 45.8 Å². The highest BCUT2D eigenvalue weighted by molar-refractivity contribution is 7.57. The molecule has 4 N–H and O–H groups in total. The number of nitro groups is 1. The molecule has 3 aromatic rings. The number of para-hydroxylation sites is 1. The molecule has 22 heteroatoms. The number of methoxy groups -OCH3 is 1. The zero-order chi connectivity index (χ0) is 46.0. The Balaban J connectivity index is 0.000000510. The van der Waals surface area contributed by atoms with E-state index in [1.54, 1.807) is 12.0 Å². The molecule has 3 aromatic carbocycles. The molecule has 332 valence electrons. The lowest BCUT2D eigenvalue weighted by molar-refractivity contribution is -0.385. The molecule has 60 heavy (non-hydrogen) atoms. The number of rotatable bonds is 17. The molecular formula is C38H47Cl2F3N3O13P. The van der Waals surface area contributed by atoms with Crippen molar-refractivity contribution in [1.82, 2.24) is 0 Å². The number of ether oxygens (including phenoxy) is 4. The lowest BCUT2D eigenvalue weighted by atomic mass is 10.0. The van der Waals surface area contributed by atoms with Gasteiger partial charge in [-0.05, 0) is 69.0 Å². The van der Waals surface area contributed by atoms with E-state index in [2.05, 4.69) is 17.7 Å². The van der Waals surface area contributed by atoms with Gasteiger partial charge in [0.25, 0.3) is 5.69 Å². The quantitative estimate of drug-likeness (QED) is 0.0388. The molecule has 16 nitrogen and oxygen atoms in total. The molecule has 0 aliphatic heterocycles. The number of nitrogens with zero attached hydrogens (tertiary/aromatic N) is 2. The smallest absolute Gasteiger partial charge is 0.416 e. The average Bonchev–Trinajstić information content (AvgIpc) is 3.17. The van der Waals surface area contributed by atoms with E-state index in [9.17, 15) is 47.0 Å². The number of benzene rings is 3. The van der Waals surface area contributed by atoms with Crippen molar-refractivity contribution in [2.75, 3.05) is 50.5 Å². The van der Waals surface area contributed by atoms with Crippen molar-refractivity contribution in [3.8, 4) is 11.5 Å². The molecule has 3 rings (SSSR count). The van der Waals surface area contributed by atoms with Gasteiger partial charge in [-0.2, -0.15) is 13.2 Å². The summed E-state index contributed by atoms with van der Waals surface area (Å²) in [5.74, 6) is -3.61. The molecule has 0 fully saturated rings. The molecule has 0 saturated carbocycles. The average molecular weight is 913 g/mol. The lowest BCUT2D eigenvalue weighted by Crippen LogP contribution is -2.43. The van der Waals surface area contributed by atoms with Crippen molar-refractivity contribution in [1.29, 1.82) is 0 Å². The molecule has 0 radical (unpaired) electrons. The van der Waals surface area contributed by atoms with Gasteiger partial charge in [-0.15, -0.1) is 11.6 Å². The second kappa shape index (κ2) is 25.1. The number of anilines is 1. The minimum absolute atomic E-state index is 0.0223. The first kappa shape index (κ1) is 53.2. The number of halogens is 5. The third-order valence-corrected chi connectivity index (χ3v) is 9.46. The van der Waals surface area contributed by atoms with Gasteiger partial charge in [-0.25, -0.2) is 9.59 Å². The number of hydrogen-bond acceptors (Lipinski definition) is 12. The first-order chi connectivity index (χ1) is 27.9. The van der Waals surface area contributed by atoms with E-state index in [0.717, 1.165) is 53.6 Å². The van der Waals surface area contributed by atoms with E-state index in [1.165, 1.54) is 13.6 Å². The number of aliphatic carboxylic acids is 1. The summed E-state index contributed by atoms with van der Waals surface area (Å²) in [6, 6.07) is 10.4. The van der Waals surface area contributed by atoms with E-state index in [4.69, 9.17) is 53.1 Å². The fraction of sp³-hybridized carbons (Fsp3) is 0.421. The number of aryl methyl sites for hydroxylation is 2. The molecule has 0 spiro atoms. The zero-order valence-corrected chi connectivity index (χ0v) is 35.9. The highest BCUT2D eigenvalue weighted by atomic mass is 35.5. The van der Waals surface area contributed by atoms with E-state index in [0.29, 0.717) is 12.7 Å². The highest BCUT2D eigenvalue weighted by Gasteiger charge is 2.31.